The van der Waals surface area contributed by atoms with Crippen LogP contribution in [0.4, 0.5) is 0 Å². The van der Waals surface area contributed by atoms with Crippen LogP contribution < -0.4 is 5.32 Å². The first-order valence-electron chi connectivity index (χ1n) is 5.99. The van der Waals surface area contributed by atoms with Crippen LogP contribution in [0, 0.1) is 8.99 Å². The summed E-state index contributed by atoms with van der Waals surface area (Å²) < 4.78 is 1.31. The highest BCUT2D eigenvalue weighted by atomic mass is 127. The Balaban J connectivity index is 2.48. The molecular formula is C14H22IN. The minimum absolute atomic E-state index is 0.335. The number of rotatable bonds is 6. The second-order valence-electron chi connectivity index (χ2n) is 5.14. The second-order valence-corrected chi connectivity index (χ2v) is 6.39. The summed E-state index contributed by atoms with van der Waals surface area (Å²) in [5.41, 5.74) is 1.77. The molecular weight excluding hydrogens is 309 g/mol. The number of halogens is 1. The molecule has 0 saturated carbocycles. The first-order valence-corrected chi connectivity index (χ1v) is 7.06. The van der Waals surface area contributed by atoms with Crippen LogP contribution in [0.3, 0.4) is 0 Å². The van der Waals surface area contributed by atoms with Crippen LogP contribution in [-0.4, -0.2) is 13.1 Å². The van der Waals surface area contributed by atoms with E-state index in [0.717, 1.165) is 19.5 Å². The summed E-state index contributed by atoms with van der Waals surface area (Å²) in [5, 5.41) is 3.51. The van der Waals surface area contributed by atoms with Crippen molar-refractivity contribution in [1.82, 2.24) is 5.32 Å². The van der Waals surface area contributed by atoms with Gasteiger partial charge in [0.25, 0.3) is 0 Å². The van der Waals surface area contributed by atoms with Crippen molar-refractivity contribution in [2.75, 3.05) is 13.1 Å². The molecule has 0 heterocycles. The molecule has 16 heavy (non-hydrogen) atoms. The summed E-state index contributed by atoms with van der Waals surface area (Å²) in [6.45, 7) is 9.07. The normalized spacial score (nSPS) is 11.8. The van der Waals surface area contributed by atoms with Gasteiger partial charge < -0.3 is 5.32 Å². The predicted molar refractivity (Wildman–Crippen MR) is 79.8 cm³/mol. The van der Waals surface area contributed by atoms with Gasteiger partial charge in [-0.05, 0) is 65.1 Å². The van der Waals surface area contributed by atoms with Gasteiger partial charge in [0.15, 0.2) is 0 Å². The summed E-state index contributed by atoms with van der Waals surface area (Å²) >= 11 is 2.35. The van der Waals surface area contributed by atoms with E-state index in [1.165, 1.54) is 15.6 Å². The van der Waals surface area contributed by atoms with Gasteiger partial charge >= 0.3 is 0 Å². The third-order valence-corrected chi connectivity index (χ3v) is 3.35. The molecule has 2 heteroatoms. The van der Waals surface area contributed by atoms with E-state index in [1.54, 1.807) is 0 Å². The van der Waals surface area contributed by atoms with Crippen molar-refractivity contribution in [2.24, 2.45) is 5.41 Å². The lowest BCUT2D eigenvalue weighted by atomic mass is 9.85. The largest absolute Gasteiger partial charge is 0.316 e. The maximum Gasteiger partial charge on any atom is 0.0130 e. The highest BCUT2D eigenvalue weighted by molar-refractivity contribution is 14.1. The van der Waals surface area contributed by atoms with Crippen LogP contribution in [0.5, 0.6) is 0 Å². The topological polar surface area (TPSA) is 12.0 Å². The molecule has 0 aliphatic carbocycles. The lowest BCUT2D eigenvalue weighted by Crippen LogP contribution is -2.31. The van der Waals surface area contributed by atoms with Crippen LogP contribution in [0.15, 0.2) is 24.3 Å². The van der Waals surface area contributed by atoms with Gasteiger partial charge in [-0.2, -0.15) is 0 Å². The maximum atomic E-state index is 3.51. The summed E-state index contributed by atoms with van der Waals surface area (Å²) in [4.78, 5) is 0. The van der Waals surface area contributed by atoms with Crippen LogP contribution >= 0.6 is 22.6 Å². The van der Waals surface area contributed by atoms with Gasteiger partial charge in [0.05, 0.1) is 0 Å². The van der Waals surface area contributed by atoms with E-state index >= 15 is 0 Å². The Morgan fingerprint density at radius 2 is 1.81 bits per heavy atom. The third kappa shape index (κ3) is 5.30. The fraction of sp³-hybridized carbons (Fsp3) is 0.571. The van der Waals surface area contributed by atoms with Crippen LogP contribution in [0.1, 0.15) is 32.8 Å². The van der Waals surface area contributed by atoms with Gasteiger partial charge in [-0.1, -0.05) is 32.9 Å². The summed E-state index contributed by atoms with van der Waals surface area (Å²) in [7, 11) is 0. The summed E-state index contributed by atoms with van der Waals surface area (Å²) in [6, 6.07) is 8.85. The SMILES string of the molecule is CCCNCC(C)(C)Cc1ccc(I)cc1. The molecule has 1 aromatic rings. The number of nitrogens with one attached hydrogen (secondary N) is 1. The maximum absolute atomic E-state index is 3.51. The van der Waals surface area contributed by atoms with Crippen molar-refractivity contribution < 1.29 is 0 Å². The minimum atomic E-state index is 0.335. The smallest absolute Gasteiger partial charge is 0.0130 e. The standard InChI is InChI=1S/C14H22IN/c1-4-9-16-11-14(2,3)10-12-5-7-13(15)8-6-12/h5-8,16H,4,9-11H2,1-3H3. The molecule has 1 aromatic carbocycles. The average molecular weight is 331 g/mol. The molecule has 1 nitrogen and oxygen atoms in total. The molecule has 0 bridgehead atoms. The quantitative estimate of drug-likeness (QED) is 0.617. The summed E-state index contributed by atoms with van der Waals surface area (Å²) in [6.07, 6.45) is 2.35. The zero-order chi connectivity index (χ0) is 12.0. The van der Waals surface area contributed by atoms with Crippen molar-refractivity contribution in [3.05, 3.63) is 33.4 Å². The third-order valence-electron chi connectivity index (χ3n) is 2.63. The molecule has 0 aliphatic rings. The Morgan fingerprint density at radius 1 is 1.19 bits per heavy atom. The Labute approximate surface area is 113 Å². The van der Waals surface area contributed by atoms with Gasteiger partial charge in [-0.3, -0.25) is 0 Å². The van der Waals surface area contributed by atoms with E-state index in [1.807, 2.05) is 0 Å². The fourth-order valence-corrected chi connectivity index (χ4v) is 2.18. The average Bonchev–Trinajstić information content (AvgIpc) is 2.21. The molecule has 0 aliphatic heterocycles. The monoisotopic (exact) mass is 331 g/mol. The van der Waals surface area contributed by atoms with Gasteiger partial charge in [0, 0.05) is 10.1 Å². The molecule has 0 unspecified atom stereocenters. The van der Waals surface area contributed by atoms with Crippen molar-refractivity contribution in [3.8, 4) is 0 Å². The molecule has 1 rings (SSSR count). The molecule has 90 valence electrons. The zero-order valence-electron chi connectivity index (χ0n) is 10.5. The highest BCUT2D eigenvalue weighted by Gasteiger charge is 2.17. The molecule has 0 spiro atoms. The van der Waals surface area contributed by atoms with Gasteiger partial charge in [-0.15, -0.1) is 0 Å². The second kappa shape index (κ2) is 6.60. The molecule has 1 N–H and O–H groups in total. The molecule has 0 aromatic heterocycles. The van der Waals surface area contributed by atoms with E-state index in [0.29, 0.717) is 5.41 Å². The molecule has 0 saturated heterocycles. The van der Waals surface area contributed by atoms with E-state index < -0.39 is 0 Å². The van der Waals surface area contributed by atoms with E-state index in [9.17, 15) is 0 Å². The number of benzene rings is 1. The minimum Gasteiger partial charge on any atom is -0.316 e. The van der Waals surface area contributed by atoms with E-state index in [4.69, 9.17) is 0 Å². The van der Waals surface area contributed by atoms with E-state index in [2.05, 4.69) is 72.9 Å². The Hall–Kier alpha value is -0.0900. The number of hydrogen-bond donors (Lipinski definition) is 1. The van der Waals surface area contributed by atoms with Crippen LogP contribution in [0.2, 0.25) is 0 Å². The highest BCUT2D eigenvalue weighted by Crippen LogP contribution is 2.21. The first-order chi connectivity index (χ1) is 7.53. The Morgan fingerprint density at radius 3 is 2.38 bits per heavy atom. The van der Waals surface area contributed by atoms with Gasteiger partial charge in [0.2, 0.25) is 0 Å². The molecule has 0 radical (unpaired) electrons. The van der Waals surface area contributed by atoms with E-state index in [-0.39, 0.29) is 0 Å². The zero-order valence-corrected chi connectivity index (χ0v) is 12.7. The lowest BCUT2D eigenvalue weighted by molar-refractivity contribution is 0.339. The first kappa shape index (κ1) is 14.0. The van der Waals surface area contributed by atoms with Gasteiger partial charge in [-0.25, -0.2) is 0 Å². The molecule has 0 fully saturated rings. The van der Waals surface area contributed by atoms with Crippen molar-refractivity contribution >= 4 is 22.6 Å². The Bertz CT molecular complexity index is 303. The predicted octanol–water partition coefficient (Wildman–Crippen LogP) is 3.86. The lowest BCUT2D eigenvalue weighted by Gasteiger charge is -2.25. The number of hydrogen-bond acceptors (Lipinski definition) is 1. The molecule has 0 atom stereocenters. The Kier molecular flexibility index (Phi) is 5.76. The van der Waals surface area contributed by atoms with Crippen LogP contribution in [0.25, 0.3) is 0 Å². The van der Waals surface area contributed by atoms with Crippen molar-refractivity contribution in [2.45, 2.75) is 33.6 Å². The summed E-state index contributed by atoms with van der Waals surface area (Å²) in [5.74, 6) is 0. The van der Waals surface area contributed by atoms with Crippen molar-refractivity contribution in [1.29, 1.82) is 0 Å². The fourth-order valence-electron chi connectivity index (χ4n) is 1.82. The van der Waals surface area contributed by atoms with Crippen LogP contribution in [-0.2, 0) is 6.42 Å². The van der Waals surface area contributed by atoms with Crippen molar-refractivity contribution in [3.63, 3.8) is 0 Å². The molecule has 0 amide bonds. The van der Waals surface area contributed by atoms with Gasteiger partial charge in [0.1, 0.15) is 0 Å².